The smallest absolute Gasteiger partial charge is 0.141 e. The summed E-state index contributed by atoms with van der Waals surface area (Å²) >= 11 is 0. The average Bonchev–Trinajstić information content (AvgIpc) is 2.25. The third-order valence-electron chi connectivity index (χ3n) is 5.77. The first-order valence-electron chi connectivity index (χ1n) is 7.88. The predicted molar refractivity (Wildman–Crippen MR) is 81.4 cm³/mol. The lowest BCUT2D eigenvalue weighted by Gasteiger charge is -2.56. The van der Waals surface area contributed by atoms with Crippen molar-refractivity contribution in [3.05, 3.63) is 12.2 Å². The Bertz CT molecular complexity index is 446. The highest BCUT2D eigenvalue weighted by Gasteiger charge is 2.56. The maximum atomic E-state index is 12.6. The van der Waals surface area contributed by atoms with Crippen LogP contribution in [0.5, 0.6) is 0 Å². The van der Waals surface area contributed by atoms with E-state index in [0.29, 0.717) is 24.5 Å². The largest absolute Gasteiger partial charge is 0.300 e. The molecule has 2 nitrogen and oxygen atoms in total. The van der Waals surface area contributed by atoms with Crippen LogP contribution in [0, 0.1) is 22.7 Å². The first kappa shape index (κ1) is 15.5. The number of hydrogen-bond donors (Lipinski definition) is 0. The molecular formula is C18H28O2. The van der Waals surface area contributed by atoms with Crippen LogP contribution < -0.4 is 0 Å². The zero-order chi connectivity index (χ0) is 15.1. The van der Waals surface area contributed by atoms with Crippen LogP contribution in [0.4, 0.5) is 0 Å². The van der Waals surface area contributed by atoms with E-state index in [1.54, 1.807) is 6.92 Å². The standard InChI is InChI=1S/C18H28O2/c1-12-11-15(20)16-17(3,4)9-6-10-18(16,5)14(12)8-7-13(2)19/h14,16H,1,6-11H2,2-5H3/t14-,16-,18+/m1/s1. The summed E-state index contributed by atoms with van der Waals surface area (Å²) in [7, 11) is 0. The lowest BCUT2D eigenvalue weighted by Crippen LogP contribution is -2.53. The molecule has 0 amide bonds. The Kier molecular flexibility index (Phi) is 3.96. The molecule has 0 unspecified atom stereocenters. The summed E-state index contributed by atoms with van der Waals surface area (Å²) in [4.78, 5) is 24.0. The topological polar surface area (TPSA) is 34.1 Å². The Balaban J connectivity index is 2.34. The predicted octanol–water partition coefficient (Wildman–Crippen LogP) is 4.33. The highest BCUT2D eigenvalue weighted by atomic mass is 16.1. The number of fused-ring (bicyclic) bond motifs is 1. The molecule has 0 radical (unpaired) electrons. The van der Waals surface area contributed by atoms with Crippen molar-refractivity contribution in [3.8, 4) is 0 Å². The van der Waals surface area contributed by atoms with Gasteiger partial charge in [-0.25, -0.2) is 0 Å². The molecule has 2 aliphatic rings. The molecule has 2 heteroatoms. The third-order valence-corrected chi connectivity index (χ3v) is 5.77. The van der Waals surface area contributed by atoms with E-state index in [-0.39, 0.29) is 22.5 Å². The summed E-state index contributed by atoms with van der Waals surface area (Å²) in [6.45, 7) is 12.6. The second-order valence-corrected chi connectivity index (χ2v) is 7.88. The van der Waals surface area contributed by atoms with Crippen molar-refractivity contribution in [1.29, 1.82) is 0 Å². The molecule has 2 saturated carbocycles. The monoisotopic (exact) mass is 276 g/mol. The number of carbonyl (C=O) groups is 2. The lowest BCUT2D eigenvalue weighted by atomic mass is 9.46. The van der Waals surface area contributed by atoms with Gasteiger partial charge in [-0.1, -0.05) is 39.3 Å². The number of Topliss-reactive ketones (excluding diaryl/α,β-unsaturated/α-hetero) is 2. The highest BCUT2D eigenvalue weighted by molar-refractivity contribution is 5.86. The summed E-state index contributed by atoms with van der Waals surface area (Å²) in [6.07, 6.45) is 5.40. The minimum absolute atomic E-state index is 0.00359. The van der Waals surface area contributed by atoms with Crippen molar-refractivity contribution in [2.24, 2.45) is 22.7 Å². The molecule has 3 atom stereocenters. The highest BCUT2D eigenvalue weighted by Crippen LogP contribution is 2.60. The van der Waals surface area contributed by atoms with E-state index in [2.05, 4.69) is 27.4 Å². The minimum atomic E-state index is 0.00359. The maximum Gasteiger partial charge on any atom is 0.141 e. The Morgan fingerprint density at radius 2 is 1.95 bits per heavy atom. The fraction of sp³-hybridized carbons (Fsp3) is 0.778. The van der Waals surface area contributed by atoms with Gasteiger partial charge in [0.15, 0.2) is 0 Å². The Morgan fingerprint density at radius 3 is 2.55 bits per heavy atom. The Morgan fingerprint density at radius 1 is 1.30 bits per heavy atom. The second kappa shape index (κ2) is 5.13. The summed E-state index contributed by atoms with van der Waals surface area (Å²) in [6, 6.07) is 0. The van der Waals surface area contributed by atoms with E-state index in [0.717, 1.165) is 24.8 Å². The zero-order valence-electron chi connectivity index (χ0n) is 13.4. The fourth-order valence-electron chi connectivity index (χ4n) is 5.08. The molecule has 0 aromatic heterocycles. The van der Waals surface area contributed by atoms with Crippen molar-refractivity contribution in [2.75, 3.05) is 0 Å². The first-order chi connectivity index (χ1) is 9.18. The molecule has 0 bridgehead atoms. The number of rotatable bonds is 3. The second-order valence-electron chi connectivity index (χ2n) is 7.88. The van der Waals surface area contributed by atoms with Gasteiger partial charge in [0.2, 0.25) is 0 Å². The third kappa shape index (κ3) is 2.49. The number of hydrogen-bond acceptors (Lipinski definition) is 2. The molecule has 0 N–H and O–H groups in total. The lowest BCUT2D eigenvalue weighted by molar-refractivity contribution is -0.143. The molecule has 2 aliphatic carbocycles. The molecular weight excluding hydrogens is 248 g/mol. The van der Waals surface area contributed by atoms with Crippen LogP contribution in [-0.4, -0.2) is 11.6 Å². The van der Waals surface area contributed by atoms with Crippen molar-refractivity contribution in [1.82, 2.24) is 0 Å². The molecule has 2 rings (SSSR count). The van der Waals surface area contributed by atoms with Crippen molar-refractivity contribution < 1.29 is 9.59 Å². The van der Waals surface area contributed by atoms with Crippen LogP contribution in [0.1, 0.15) is 66.2 Å². The van der Waals surface area contributed by atoms with E-state index < -0.39 is 0 Å². The van der Waals surface area contributed by atoms with Crippen molar-refractivity contribution in [2.45, 2.75) is 66.2 Å². The van der Waals surface area contributed by atoms with Crippen LogP contribution in [0.15, 0.2) is 12.2 Å². The van der Waals surface area contributed by atoms with Gasteiger partial charge in [-0.2, -0.15) is 0 Å². The molecule has 0 aromatic rings. The molecule has 2 fully saturated rings. The van der Waals surface area contributed by atoms with E-state index >= 15 is 0 Å². The Labute approximate surface area is 123 Å². The fourth-order valence-corrected chi connectivity index (χ4v) is 5.08. The van der Waals surface area contributed by atoms with Gasteiger partial charge >= 0.3 is 0 Å². The molecule has 0 aromatic carbocycles. The van der Waals surface area contributed by atoms with Gasteiger partial charge in [-0.3, -0.25) is 4.79 Å². The molecule has 20 heavy (non-hydrogen) atoms. The zero-order valence-corrected chi connectivity index (χ0v) is 13.4. The average molecular weight is 276 g/mol. The number of ketones is 2. The maximum absolute atomic E-state index is 12.6. The first-order valence-corrected chi connectivity index (χ1v) is 7.88. The quantitative estimate of drug-likeness (QED) is 0.719. The summed E-state index contributed by atoms with van der Waals surface area (Å²) in [5, 5.41) is 0. The van der Waals surface area contributed by atoms with Crippen LogP contribution >= 0.6 is 0 Å². The van der Waals surface area contributed by atoms with E-state index in [1.807, 2.05) is 0 Å². The molecule has 0 spiro atoms. The van der Waals surface area contributed by atoms with Gasteiger partial charge in [-0.05, 0) is 42.9 Å². The van der Waals surface area contributed by atoms with Gasteiger partial charge in [0.25, 0.3) is 0 Å². The van der Waals surface area contributed by atoms with Crippen molar-refractivity contribution >= 4 is 11.6 Å². The number of allylic oxidation sites excluding steroid dienone is 1. The summed E-state index contributed by atoms with van der Waals surface area (Å²) < 4.78 is 0. The summed E-state index contributed by atoms with van der Waals surface area (Å²) in [5.41, 5.74) is 1.15. The van der Waals surface area contributed by atoms with Crippen LogP contribution in [0.3, 0.4) is 0 Å². The van der Waals surface area contributed by atoms with Gasteiger partial charge < -0.3 is 4.79 Å². The van der Waals surface area contributed by atoms with Gasteiger partial charge in [0, 0.05) is 18.8 Å². The van der Waals surface area contributed by atoms with Crippen LogP contribution in [-0.2, 0) is 9.59 Å². The molecule has 0 aliphatic heterocycles. The van der Waals surface area contributed by atoms with Gasteiger partial charge in [0.1, 0.15) is 11.6 Å². The molecule has 0 saturated heterocycles. The normalized spacial score (nSPS) is 36.6. The van der Waals surface area contributed by atoms with E-state index in [4.69, 9.17) is 0 Å². The molecule has 112 valence electrons. The van der Waals surface area contributed by atoms with Crippen LogP contribution in [0.25, 0.3) is 0 Å². The van der Waals surface area contributed by atoms with Gasteiger partial charge in [0.05, 0.1) is 0 Å². The summed E-state index contributed by atoms with van der Waals surface area (Å²) in [5.74, 6) is 1.08. The Hall–Kier alpha value is -0.920. The number of carbonyl (C=O) groups excluding carboxylic acids is 2. The van der Waals surface area contributed by atoms with Gasteiger partial charge in [-0.15, -0.1) is 0 Å². The SMILES string of the molecule is C=C1CC(=O)[C@@H]2C(C)(C)CCC[C@@]2(C)[C@@H]1CCC(C)=O. The van der Waals surface area contributed by atoms with Crippen LogP contribution in [0.2, 0.25) is 0 Å². The van der Waals surface area contributed by atoms with E-state index in [1.165, 1.54) is 6.42 Å². The van der Waals surface area contributed by atoms with E-state index in [9.17, 15) is 9.59 Å². The van der Waals surface area contributed by atoms with Crippen molar-refractivity contribution in [3.63, 3.8) is 0 Å². The molecule has 0 heterocycles. The minimum Gasteiger partial charge on any atom is -0.300 e.